The first kappa shape index (κ1) is 6.59. The largest absolute Gasteiger partial charge is 0.466 e. The van der Waals surface area contributed by atoms with Gasteiger partial charge in [0.2, 0.25) is 0 Å². The van der Waals surface area contributed by atoms with Gasteiger partial charge < -0.3 is 4.74 Å². The summed E-state index contributed by atoms with van der Waals surface area (Å²) in [5.74, 6) is -0.458. The third kappa shape index (κ3) is 3.12. The smallest absolute Gasteiger partial charge is 0.308 e. The van der Waals surface area contributed by atoms with Crippen LogP contribution in [0.4, 0.5) is 0 Å². The van der Waals surface area contributed by atoms with Crippen LogP contribution in [-0.4, -0.2) is 12.6 Å². The van der Waals surface area contributed by atoms with Crippen molar-refractivity contribution in [3.05, 3.63) is 0 Å². The zero-order valence-corrected chi connectivity index (χ0v) is 6.02. The molecule has 54 valence electrons. The highest BCUT2D eigenvalue weighted by Crippen LogP contribution is 2.01. The fraction of sp³-hybridized carbons (Fsp3) is 0.857. The number of ether oxygens (including phenoxy) is 1. The number of carbonyl (C=O) groups excluding carboxylic acids is 1. The zero-order valence-electron chi connectivity index (χ0n) is 7.02. The second kappa shape index (κ2) is 4.36. The normalized spacial score (nSPS) is 14.2. The molecule has 0 aliphatic carbocycles. The molecule has 0 spiro atoms. The van der Waals surface area contributed by atoms with E-state index >= 15 is 0 Å². The van der Waals surface area contributed by atoms with E-state index in [0.717, 1.165) is 0 Å². The minimum absolute atomic E-state index is 0.134. The molecule has 0 bridgehead atoms. The van der Waals surface area contributed by atoms with Crippen LogP contribution in [0.25, 0.3) is 0 Å². The van der Waals surface area contributed by atoms with Gasteiger partial charge in [0.25, 0.3) is 0 Å². The monoisotopic (exact) mass is 132 g/mol. The SMILES string of the molecule is [3H]CC(CC)C(=O)OCC. The molecule has 0 radical (unpaired) electrons. The molecule has 1 atom stereocenters. The topological polar surface area (TPSA) is 26.3 Å². The molecule has 2 heteroatoms. The second-order valence-corrected chi connectivity index (χ2v) is 1.86. The van der Waals surface area contributed by atoms with Gasteiger partial charge in [-0.15, -0.1) is 0 Å². The minimum atomic E-state index is -0.236. The van der Waals surface area contributed by atoms with Crippen molar-refractivity contribution in [2.45, 2.75) is 27.2 Å². The Hall–Kier alpha value is -0.530. The standard InChI is InChI=1S/C7H14O2/c1-4-6(3)7(8)9-5-2/h6H,4-5H2,1-3H3/i3T. The Balaban J connectivity index is 3.65. The Morgan fingerprint density at radius 1 is 1.78 bits per heavy atom. The Kier molecular flexibility index (Phi) is 3.19. The maximum Gasteiger partial charge on any atom is 0.308 e. The number of rotatable bonds is 3. The molecule has 0 rings (SSSR count). The number of hydrogen-bond donors (Lipinski definition) is 0. The van der Waals surface area contributed by atoms with Crippen LogP contribution in [-0.2, 0) is 9.53 Å². The first-order valence-electron chi connectivity index (χ1n) is 3.92. The molecule has 0 aromatic heterocycles. The highest BCUT2D eigenvalue weighted by atomic mass is 16.5. The molecule has 0 fully saturated rings. The Morgan fingerprint density at radius 2 is 2.44 bits per heavy atom. The molecule has 1 unspecified atom stereocenters. The minimum Gasteiger partial charge on any atom is -0.466 e. The van der Waals surface area contributed by atoms with E-state index < -0.39 is 0 Å². The summed E-state index contributed by atoms with van der Waals surface area (Å²) in [6, 6.07) is 0. The molecule has 0 aliphatic heterocycles. The van der Waals surface area contributed by atoms with Gasteiger partial charge in [-0.1, -0.05) is 13.8 Å². The summed E-state index contributed by atoms with van der Waals surface area (Å²) >= 11 is 0. The molecule has 0 aromatic rings. The van der Waals surface area contributed by atoms with Crippen molar-refractivity contribution in [3.8, 4) is 0 Å². The van der Waals surface area contributed by atoms with Crippen LogP contribution in [0.3, 0.4) is 0 Å². The predicted molar refractivity (Wildman–Crippen MR) is 36.1 cm³/mol. The molecule has 0 aromatic carbocycles. The highest BCUT2D eigenvalue weighted by molar-refractivity contribution is 5.71. The van der Waals surface area contributed by atoms with Crippen molar-refractivity contribution in [2.75, 3.05) is 6.61 Å². The molecule has 9 heavy (non-hydrogen) atoms. The summed E-state index contributed by atoms with van der Waals surface area (Å²) in [4.78, 5) is 10.9. The molecular weight excluding hydrogens is 116 g/mol. The van der Waals surface area contributed by atoms with Gasteiger partial charge in [-0.25, -0.2) is 0 Å². The van der Waals surface area contributed by atoms with Crippen LogP contribution in [0.1, 0.15) is 28.5 Å². The summed E-state index contributed by atoms with van der Waals surface area (Å²) in [7, 11) is 0. The third-order valence-electron chi connectivity index (χ3n) is 1.11. The molecular formula is C7H14O2. The van der Waals surface area contributed by atoms with Gasteiger partial charge in [-0.05, 0) is 13.3 Å². The van der Waals surface area contributed by atoms with Gasteiger partial charge >= 0.3 is 5.97 Å². The van der Waals surface area contributed by atoms with Crippen LogP contribution in [0.15, 0.2) is 0 Å². The third-order valence-corrected chi connectivity index (χ3v) is 1.11. The molecule has 0 amide bonds. The fourth-order valence-corrected chi connectivity index (χ4v) is 0.427. The predicted octanol–water partition coefficient (Wildman–Crippen LogP) is 1.60. The van der Waals surface area contributed by atoms with E-state index in [1.807, 2.05) is 6.92 Å². The summed E-state index contributed by atoms with van der Waals surface area (Å²) in [6.07, 6.45) is 0.697. The number of esters is 1. The Bertz CT molecular complexity index is 99.8. The van der Waals surface area contributed by atoms with Crippen molar-refractivity contribution >= 4 is 5.97 Å². The quantitative estimate of drug-likeness (QED) is 0.545. The van der Waals surface area contributed by atoms with Crippen molar-refractivity contribution in [3.63, 3.8) is 0 Å². The number of carbonyl (C=O) groups is 1. The Labute approximate surface area is 57.6 Å². The van der Waals surface area contributed by atoms with E-state index in [0.29, 0.717) is 13.0 Å². The lowest BCUT2D eigenvalue weighted by atomic mass is 10.1. The van der Waals surface area contributed by atoms with Crippen LogP contribution < -0.4 is 0 Å². The average molecular weight is 132 g/mol. The molecule has 0 saturated heterocycles. The van der Waals surface area contributed by atoms with Crippen molar-refractivity contribution < 1.29 is 10.9 Å². The van der Waals surface area contributed by atoms with E-state index in [1.54, 1.807) is 6.92 Å². The van der Waals surface area contributed by atoms with Crippen LogP contribution >= 0.6 is 0 Å². The van der Waals surface area contributed by atoms with Gasteiger partial charge in [-0.2, -0.15) is 0 Å². The zero-order chi connectivity index (χ0) is 7.98. The van der Waals surface area contributed by atoms with Gasteiger partial charge in [0.05, 0.1) is 12.5 Å². The lowest BCUT2D eigenvalue weighted by molar-refractivity contribution is -0.147. The van der Waals surface area contributed by atoms with Crippen LogP contribution in [0.5, 0.6) is 0 Å². The van der Waals surface area contributed by atoms with E-state index in [2.05, 4.69) is 0 Å². The summed E-state index contributed by atoms with van der Waals surface area (Å²) in [5, 5.41) is 0. The summed E-state index contributed by atoms with van der Waals surface area (Å²) < 4.78 is 11.7. The van der Waals surface area contributed by atoms with E-state index in [4.69, 9.17) is 6.11 Å². The maximum atomic E-state index is 10.9. The lowest BCUT2D eigenvalue weighted by Gasteiger charge is -2.05. The van der Waals surface area contributed by atoms with E-state index in [-0.39, 0.29) is 18.8 Å². The summed E-state index contributed by atoms with van der Waals surface area (Å²) in [6.45, 7) is 4.20. The highest BCUT2D eigenvalue weighted by Gasteiger charge is 2.09. The van der Waals surface area contributed by atoms with Crippen LogP contribution in [0, 0.1) is 5.92 Å². The Morgan fingerprint density at radius 3 is 2.78 bits per heavy atom. The lowest BCUT2D eigenvalue weighted by Crippen LogP contribution is -2.13. The van der Waals surface area contributed by atoms with E-state index in [1.165, 1.54) is 0 Å². The molecule has 0 saturated carbocycles. The van der Waals surface area contributed by atoms with Crippen molar-refractivity contribution in [1.82, 2.24) is 0 Å². The second-order valence-electron chi connectivity index (χ2n) is 1.86. The first-order valence-corrected chi connectivity index (χ1v) is 3.22. The van der Waals surface area contributed by atoms with Crippen LogP contribution in [0.2, 0.25) is 0 Å². The van der Waals surface area contributed by atoms with Gasteiger partial charge in [-0.3, -0.25) is 4.79 Å². The van der Waals surface area contributed by atoms with Gasteiger partial charge in [0.1, 0.15) is 0 Å². The van der Waals surface area contributed by atoms with Gasteiger partial charge in [0.15, 0.2) is 0 Å². The van der Waals surface area contributed by atoms with Gasteiger partial charge in [0, 0.05) is 1.37 Å². The number of hydrogen-bond acceptors (Lipinski definition) is 2. The van der Waals surface area contributed by atoms with Crippen molar-refractivity contribution in [1.29, 1.82) is 0 Å². The first-order chi connectivity index (χ1) is 4.76. The average Bonchev–Trinajstić information content (AvgIpc) is 1.91. The molecule has 0 N–H and O–H groups in total. The summed E-state index contributed by atoms with van der Waals surface area (Å²) in [5.41, 5.74) is 0. The molecule has 0 heterocycles. The van der Waals surface area contributed by atoms with E-state index in [9.17, 15) is 4.79 Å². The fourth-order valence-electron chi connectivity index (χ4n) is 0.427. The molecule has 2 nitrogen and oxygen atoms in total. The molecule has 0 aliphatic rings. The maximum absolute atomic E-state index is 10.9. The van der Waals surface area contributed by atoms with Crippen molar-refractivity contribution in [2.24, 2.45) is 5.92 Å².